The smallest absolute Gasteiger partial charge is 0.230 e. The van der Waals surface area contributed by atoms with Crippen LogP contribution < -0.4 is 5.32 Å². The van der Waals surface area contributed by atoms with Crippen LogP contribution >= 0.6 is 22.7 Å². The van der Waals surface area contributed by atoms with Gasteiger partial charge in [-0.25, -0.2) is 4.98 Å². The molecular weight excluding hydrogens is 300 g/mol. The van der Waals surface area contributed by atoms with Crippen molar-refractivity contribution in [3.05, 3.63) is 69.4 Å². The molecule has 0 unspecified atom stereocenters. The van der Waals surface area contributed by atoms with Gasteiger partial charge in [-0.3, -0.25) is 4.79 Å². The van der Waals surface area contributed by atoms with E-state index in [1.165, 1.54) is 16.9 Å². The predicted octanol–water partition coefficient (Wildman–Crippen LogP) is 3.98. The largest absolute Gasteiger partial charge is 0.302 e. The average Bonchev–Trinajstić information content (AvgIpc) is 3.12. The topological polar surface area (TPSA) is 42.0 Å². The van der Waals surface area contributed by atoms with Gasteiger partial charge in [-0.15, -0.1) is 11.3 Å². The second-order valence-electron chi connectivity index (χ2n) is 4.65. The van der Waals surface area contributed by atoms with Crippen molar-refractivity contribution in [3.8, 4) is 0 Å². The lowest BCUT2D eigenvalue weighted by Gasteiger charge is -1.99. The number of rotatable bonds is 5. The minimum atomic E-state index is -0.0194. The number of carbonyl (C=O) groups is 1. The maximum Gasteiger partial charge on any atom is 0.230 e. The number of anilines is 1. The lowest BCUT2D eigenvalue weighted by molar-refractivity contribution is -0.115. The Morgan fingerprint density at radius 1 is 1.14 bits per heavy atom. The molecule has 21 heavy (non-hydrogen) atoms. The minimum absolute atomic E-state index is 0.0194. The second-order valence-corrected chi connectivity index (χ2v) is 6.55. The molecule has 1 N–H and O–H groups in total. The fourth-order valence-electron chi connectivity index (χ4n) is 1.99. The maximum absolute atomic E-state index is 11.9. The van der Waals surface area contributed by atoms with Crippen LogP contribution in [0.25, 0.3) is 0 Å². The number of nitrogens with zero attached hydrogens (tertiary/aromatic N) is 1. The van der Waals surface area contributed by atoms with E-state index in [1.54, 1.807) is 11.3 Å². The number of benzene rings is 1. The van der Waals surface area contributed by atoms with Gasteiger partial charge in [0.05, 0.1) is 6.42 Å². The first kappa shape index (κ1) is 14.0. The van der Waals surface area contributed by atoms with E-state index >= 15 is 0 Å². The fraction of sp³-hybridized carbons (Fsp3) is 0.125. The predicted molar refractivity (Wildman–Crippen MR) is 88.0 cm³/mol. The number of amides is 1. The zero-order valence-electron chi connectivity index (χ0n) is 11.3. The van der Waals surface area contributed by atoms with E-state index in [4.69, 9.17) is 0 Å². The van der Waals surface area contributed by atoms with Crippen molar-refractivity contribution >= 4 is 33.7 Å². The quantitative estimate of drug-likeness (QED) is 0.774. The summed E-state index contributed by atoms with van der Waals surface area (Å²) in [6.07, 6.45) is 3.08. The molecule has 0 atom stereocenters. The number of hydrogen-bond acceptors (Lipinski definition) is 4. The van der Waals surface area contributed by atoms with Gasteiger partial charge in [-0.2, -0.15) is 11.3 Å². The number of thiophene rings is 1. The molecule has 5 heteroatoms. The molecule has 3 aromatic rings. The fourth-order valence-corrected chi connectivity index (χ4v) is 3.52. The van der Waals surface area contributed by atoms with Crippen LogP contribution in [0.5, 0.6) is 0 Å². The third-order valence-corrected chi connectivity index (χ3v) is 4.61. The lowest BCUT2D eigenvalue weighted by atomic mass is 10.1. The number of thiazole rings is 1. The normalized spacial score (nSPS) is 10.5. The summed E-state index contributed by atoms with van der Waals surface area (Å²) in [6.45, 7) is 0. The summed E-state index contributed by atoms with van der Waals surface area (Å²) in [5.41, 5.74) is 2.29. The van der Waals surface area contributed by atoms with Gasteiger partial charge in [0, 0.05) is 17.5 Å². The Labute approximate surface area is 131 Å². The monoisotopic (exact) mass is 314 g/mol. The summed E-state index contributed by atoms with van der Waals surface area (Å²) >= 11 is 3.13. The Morgan fingerprint density at radius 2 is 2.00 bits per heavy atom. The van der Waals surface area contributed by atoms with Crippen LogP contribution in [-0.4, -0.2) is 10.9 Å². The highest BCUT2D eigenvalue weighted by Gasteiger charge is 2.08. The highest BCUT2D eigenvalue weighted by molar-refractivity contribution is 7.15. The van der Waals surface area contributed by atoms with Gasteiger partial charge in [0.15, 0.2) is 5.13 Å². The molecule has 106 valence electrons. The van der Waals surface area contributed by atoms with Crippen molar-refractivity contribution in [1.82, 2.24) is 4.98 Å². The lowest BCUT2D eigenvalue weighted by Crippen LogP contribution is -2.13. The molecule has 0 bridgehead atoms. The first-order valence-electron chi connectivity index (χ1n) is 6.59. The van der Waals surface area contributed by atoms with Crippen molar-refractivity contribution in [2.75, 3.05) is 5.32 Å². The van der Waals surface area contributed by atoms with Gasteiger partial charge in [-0.05, 0) is 28.0 Å². The van der Waals surface area contributed by atoms with Crippen LogP contribution in [0.15, 0.2) is 53.4 Å². The molecule has 0 fully saturated rings. The SMILES string of the molecule is O=C(Cc1ccsc1)Nc1ncc(Cc2ccccc2)s1. The van der Waals surface area contributed by atoms with Gasteiger partial charge in [-0.1, -0.05) is 30.3 Å². The van der Waals surface area contributed by atoms with Crippen LogP contribution in [0.4, 0.5) is 5.13 Å². The number of nitrogens with one attached hydrogen (secondary N) is 1. The van der Waals surface area contributed by atoms with Crippen LogP contribution in [-0.2, 0) is 17.6 Å². The molecule has 0 spiro atoms. The van der Waals surface area contributed by atoms with Crippen LogP contribution in [0.2, 0.25) is 0 Å². The highest BCUT2D eigenvalue weighted by Crippen LogP contribution is 2.21. The Hall–Kier alpha value is -1.98. The first-order valence-corrected chi connectivity index (χ1v) is 8.35. The van der Waals surface area contributed by atoms with Gasteiger partial charge < -0.3 is 5.32 Å². The van der Waals surface area contributed by atoms with Crippen molar-refractivity contribution in [2.24, 2.45) is 0 Å². The van der Waals surface area contributed by atoms with E-state index in [9.17, 15) is 4.79 Å². The highest BCUT2D eigenvalue weighted by atomic mass is 32.1. The molecule has 1 aromatic carbocycles. The molecule has 0 radical (unpaired) electrons. The third-order valence-electron chi connectivity index (χ3n) is 2.97. The molecule has 0 saturated carbocycles. The molecule has 0 saturated heterocycles. The Bertz CT molecular complexity index is 705. The standard InChI is InChI=1S/C16H14N2OS2/c19-15(9-13-6-7-20-11-13)18-16-17-10-14(21-16)8-12-4-2-1-3-5-12/h1-7,10-11H,8-9H2,(H,17,18,19). The summed E-state index contributed by atoms with van der Waals surface area (Å²) in [6, 6.07) is 12.2. The maximum atomic E-state index is 11.9. The molecule has 2 heterocycles. The van der Waals surface area contributed by atoms with Crippen molar-refractivity contribution in [2.45, 2.75) is 12.8 Å². The van der Waals surface area contributed by atoms with E-state index in [0.717, 1.165) is 16.9 Å². The summed E-state index contributed by atoms with van der Waals surface area (Å²) in [5.74, 6) is -0.0194. The number of aromatic nitrogens is 1. The Morgan fingerprint density at radius 3 is 2.76 bits per heavy atom. The number of hydrogen-bond donors (Lipinski definition) is 1. The summed E-state index contributed by atoms with van der Waals surface area (Å²) in [7, 11) is 0. The summed E-state index contributed by atoms with van der Waals surface area (Å²) in [4.78, 5) is 17.3. The van der Waals surface area contributed by atoms with Crippen LogP contribution in [0.1, 0.15) is 16.0 Å². The third kappa shape index (κ3) is 4.00. The van der Waals surface area contributed by atoms with E-state index in [1.807, 2.05) is 41.2 Å². The van der Waals surface area contributed by atoms with E-state index in [-0.39, 0.29) is 5.91 Å². The van der Waals surface area contributed by atoms with E-state index in [2.05, 4.69) is 22.4 Å². The molecule has 2 aromatic heterocycles. The average molecular weight is 314 g/mol. The van der Waals surface area contributed by atoms with Crippen LogP contribution in [0.3, 0.4) is 0 Å². The Kier molecular flexibility index (Phi) is 4.43. The molecule has 1 amide bonds. The zero-order chi connectivity index (χ0) is 14.5. The number of carbonyl (C=O) groups excluding carboxylic acids is 1. The van der Waals surface area contributed by atoms with Crippen molar-refractivity contribution < 1.29 is 4.79 Å². The van der Waals surface area contributed by atoms with Gasteiger partial charge >= 0.3 is 0 Å². The Balaban J connectivity index is 1.59. The second kappa shape index (κ2) is 6.65. The summed E-state index contributed by atoms with van der Waals surface area (Å²) in [5, 5.41) is 7.49. The molecule has 3 nitrogen and oxygen atoms in total. The van der Waals surface area contributed by atoms with Gasteiger partial charge in [0.1, 0.15) is 0 Å². The zero-order valence-corrected chi connectivity index (χ0v) is 12.9. The van der Waals surface area contributed by atoms with E-state index in [0.29, 0.717) is 11.6 Å². The molecule has 0 aliphatic carbocycles. The van der Waals surface area contributed by atoms with Crippen LogP contribution in [0, 0.1) is 0 Å². The first-order chi connectivity index (χ1) is 10.3. The summed E-state index contributed by atoms with van der Waals surface area (Å²) < 4.78 is 0. The molecular formula is C16H14N2OS2. The minimum Gasteiger partial charge on any atom is -0.302 e. The van der Waals surface area contributed by atoms with Gasteiger partial charge in [0.2, 0.25) is 5.91 Å². The molecule has 0 aliphatic heterocycles. The van der Waals surface area contributed by atoms with Gasteiger partial charge in [0.25, 0.3) is 0 Å². The molecule has 3 rings (SSSR count). The van der Waals surface area contributed by atoms with Crippen molar-refractivity contribution in [1.29, 1.82) is 0 Å². The van der Waals surface area contributed by atoms with E-state index < -0.39 is 0 Å². The van der Waals surface area contributed by atoms with Crippen molar-refractivity contribution in [3.63, 3.8) is 0 Å². The molecule has 0 aliphatic rings.